The molecule has 2 aromatic rings. The van der Waals surface area contributed by atoms with Crippen LogP contribution in [0.3, 0.4) is 0 Å². The molecule has 92 valence electrons. The van der Waals surface area contributed by atoms with E-state index >= 15 is 0 Å². The molecule has 0 bridgehead atoms. The summed E-state index contributed by atoms with van der Waals surface area (Å²) in [5, 5.41) is 0. The van der Waals surface area contributed by atoms with Crippen LogP contribution in [0.2, 0.25) is 0 Å². The first-order chi connectivity index (χ1) is 7.86. The molecule has 0 saturated heterocycles. The van der Waals surface area contributed by atoms with Crippen LogP contribution in [-0.2, 0) is 7.05 Å². The second-order valence-electron chi connectivity index (χ2n) is 5.36. The summed E-state index contributed by atoms with van der Waals surface area (Å²) in [5.41, 5.74) is 8.08. The van der Waals surface area contributed by atoms with E-state index in [1.54, 1.807) is 0 Å². The van der Waals surface area contributed by atoms with Crippen LogP contribution in [0.4, 0.5) is 0 Å². The maximum atomic E-state index is 4.72. The number of hydrogen-bond donors (Lipinski definition) is 0. The van der Waals surface area contributed by atoms with Crippen molar-refractivity contribution in [2.24, 2.45) is 7.05 Å². The molecule has 0 aliphatic heterocycles. The molecule has 0 N–H and O–H groups in total. The molecule has 0 atom stereocenters. The van der Waals surface area contributed by atoms with Crippen LogP contribution < -0.4 is 0 Å². The minimum atomic E-state index is 0.534. The van der Waals surface area contributed by atoms with Crippen molar-refractivity contribution in [1.82, 2.24) is 9.55 Å². The minimum Gasteiger partial charge on any atom is -0.331 e. The van der Waals surface area contributed by atoms with Crippen molar-refractivity contribution in [1.29, 1.82) is 0 Å². The van der Waals surface area contributed by atoms with E-state index in [0.29, 0.717) is 5.92 Å². The molecule has 0 unspecified atom stereocenters. The molecule has 1 aromatic carbocycles. The van der Waals surface area contributed by atoms with Crippen molar-refractivity contribution >= 4 is 11.0 Å². The number of aryl methyl sites for hydroxylation is 3. The molecule has 17 heavy (non-hydrogen) atoms. The Morgan fingerprint density at radius 3 is 2.06 bits per heavy atom. The van der Waals surface area contributed by atoms with Crippen LogP contribution in [-0.4, -0.2) is 9.55 Å². The van der Waals surface area contributed by atoms with Crippen molar-refractivity contribution < 1.29 is 0 Å². The summed E-state index contributed by atoms with van der Waals surface area (Å²) in [6, 6.07) is 0. The Hall–Kier alpha value is -1.31. The second-order valence-corrected chi connectivity index (χ2v) is 5.36. The van der Waals surface area contributed by atoms with Gasteiger partial charge in [-0.2, -0.15) is 0 Å². The highest BCUT2D eigenvalue weighted by atomic mass is 15.1. The molecular formula is C15H22N2. The van der Waals surface area contributed by atoms with Crippen molar-refractivity contribution in [3.05, 3.63) is 28.1 Å². The summed E-state index contributed by atoms with van der Waals surface area (Å²) in [5.74, 6) is 1.63. The number of hydrogen-bond acceptors (Lipinski definition) is 1. The molecule has 1 heterocycles. The molecule has 0 spiro atoms. The number of benzene rings is 1. The molecule has 0 amide bonds. The van der Waals surface area contributed by atoms with Crippen LogP contribution >= 0.6 is 0 Å². The molecule has 0 aliphatic rings. The van der Waals surface area contributed by atoms with Crippen molar-refractivity contribution in [3.63, 3.8) is 0 Å². The molecule has 0 fully saturated rings. The lowest BCUT2D eigenvalue weighted by Gasteiger charge is -2.17. The third kappa shape index (κ3) is 1.58. The third-order valence-corrected chi connectivity index (χ3v) is 4.04. The zero-order chi connectivity index (χ0) is 12.9. The maximum Gasteiger partial charge on any atom is 0.106 e. The van der Waals surface area contributed by atoms with Gasteiger partial charge in [0, 0.05) is 7.05 Å². The van der Waals surface area contributed by atoms with E-state index in [0.717, 1.165) is 5.82 Å². The second kappa shape index (κ2) is 3.86. The van der Waals surface area contributed by atoms with Crippen molar-refractivity contribution in [3.8, 4) is 0 Å². The Bertz CT molecular complexity index is 589. The zero-order valence-corrected chi connectivity index (χ0v) is 12.0. The Kier molecular flexibility index (Phi) is 2.76. The van der Waals surface area contributed by atoms with Gasteiger partial charge in [0.15, 0.2) is 0 Å². The number of nitrogens with zero attached hydrogens (tertiary/aromatic N) is 2. The number of aromatic nitrogens is 2. The van der Waals surface area contributed by atoms with Gasteiger partial charge in [0.05, 0.1) is 11.0 Å². The van der Waals surface area contributed by atoms with Gasteiger partial charge in [-0.3, -0.25) is 0 Å². The molecular weight excluding hydrogens is 208 g/mol. The van der Waals surface area contributed by atoms with Gasteiger partial charge >= 0.3 is 0 Å². The number of rotatable bonds is 1. The van der Waals surface area contributed by atoms with E-state index in [1.807, 2.05) is 0 Å². The average Bonchev–Trinajstić information content (AvgIpc) is 2.54. The maximum absolute atomic E-state index is 4.72. The van der Waals surface area contributed by atoms with Crippen LogP contribution in [0.5, 0.6) is 0 Å². The minimum absolute atomic E-state index is 0.534. The lowest BCUT2D eigenvalue weighted by atomic mass is 9.90. The Morgan fingerprint density at radius 2 is 1.53 bits per heavy atom. The summed E-state index contributed by atoms with van der Waals surface area (Å²) in [7, 11) is 2.12. The Balaban J connectivity index is 3.05. The van der Waals surface area contributed by atoms with Gasteiger partial charge in [0.2, 0.25) is 0 Å². The van der Waals surface area contributed by atoms with Gasteiger partial charge in [0.1, 0.15) is 5.82 Å². The molecule has 0 saturated carbocycles. The first-order valence-electron chi connectivity index (χ1n) is 6.29. The van der Waals surface area contributed by atoms with Crippen LogP contribution in [0.25, 0.3) is 11.0 Å². The van der Waals surface area contributed by atoms with Crippen LogP contribution in [0.1, 0.15) is 47.8 Å². The highest BCUT2D eigenvalue weighted by Crippen LogP contribution is 2.33. The molecule has 2 heteroatoms. The van der Waals surface area contributed by atoms with E-state index in [9.17, 15) is 0 Å². The lowest BCUT2D eigenvalue weighted by Crippen LogP contribution is -2.02. The first kappa shape index (κ1) is 12.2. The highest BCUT2D eigenvalue weighted by Gasteiger charge is 2.18. The third-order valence-electron chi connectivity index (χ3n) is 4.04. The highest BCUT2D eigenvalue weighted by molar-refractivity contribution is 5.86. The van der Waals surface area contributed by atoms with Gasteiger partial charge in [-0.1, -0.05) is 13.8 Å². The van der Waals surface area contributed by atoms with Crippen LogP contribution in [0.15, 0.2) is 0 Å². The van der Waals surface area contributed by atoms with Gasteiger partial charge in [-0.25, -0.2) is 4.98 Å². The van der Waals surface area contributed by atoms with Crippen molar-refractivity contribution in [2.45, 2.75) is 47.5 Å². The predicted octanol–water partition coefficient (Wildman–Crippen LogP) is 3.93. The van der Waals surface area contributed by atoms with Crippen LogP contribution in [0, 0.1) is 27.7 Å². The Labute approximate surface area is 104 Å². The van der Waals surface area contributed by atoms with Gasteiger partial charge in [-0.05, 0) is 55.9 Å². The summed E-state index contributed by atoms with van der Waals surface area (Å²) < 4.78 is 2.23. The number of imidazole rings is 1. The van der Waals surface area contributed by atoms with Gasteiger partial charge in [-0.15, -0.1) is 0 Å². The van der Waals surface area contributed by atoms with Gasteiger partial charge < -0.3 is 4.57 Å². The lowest BCUT2D eigenvalue weighted by molar-refractivity contribution is 0.832. The fourth-order valence-electron chi connectivity index (χ4n) is 2.73. The normalized spacial score (nSPS) is 11.8. The monoisotopic (exact) mass is 230 g/mol. The predicted molar refractivity (Wildman–Crippen MR) is 73.8 cm³/mol. The fraction of sp³-hybridized carbons (Fsp3) is 0.533. The molecule has 0 radical (unpaired) electrons. The molecule has 2 rings (SSSR count). The number of fused-ring (bicyclic) bond motifs is 1. The SMILES string of the molecule is Cc1c(C)c(C(C)C)c2c(nc(C)n2C)c1C. The first-order valence-corrected chi connectivity index (χ1v) is 6.29. The Morgan fingerprint density at radius 1 is 0.941 bits per heavy atom. The van der Waals surface area contributed by atoms with E-state index in [1.165, 1.54) is 33.3 Å². The topological polar surface area (TPSA) is 17.8 Å². The smallest absolute Gasteiger partial charge is 0.106 e. The standard InChI is InChI=1S/C15H22N2/c1-8(2)13-10(4)9(3)11(5)14-15(13)17(7)12(6)16-14/h8H,1-7H3. The summed E-state index contributed by atoms with van der Waals surface area (Å²) in [6.07, 6.45) is 0. The van der Waals surface area contributed by atoms with E-state index < -0.39 is 0 Å². The quantitative estimate of drug-likeness (QED) is 0.725. The van der Waals surface area contributed by atoms with E-state index in [2.05, 4.69) is 53.2 Å². The van der Waals surface area contributed by atoms with E-state index in [-0.39, 0.29) is 0 Å². The summed E-state index contributed by atoms with van der Waals surface area (Å²) >= 11 is 0. The zero-order valence-electron chi connectivity index (χ0n) is 12.0. The van der Waals surface area contributed by atoms with E-state index in [4.69, 9.17) is 4.98 Å². The average molecular weight is 230 g/mol. The molecule has 1 aromatic heterocycles. The fourth-order valence-corrected chi connectivity index (χ4v) is 2.73. The summed E-state index contributed by atoms with van der Waals surface area (Å²) in [4.78, 5) is 4.72. The largest absolute Gasteiger partial charge is 0.331 e. The molecule has 0 aliphatic carbocycles. The summed E-state index contributed by atoms with van der Waals surface area (Å²) in [6.45, 7) is 13.2. The van der Waals surface area contributed by atoms with Crippen molar-refractivity contribution in [2.75, 3.05) is 0 Å². The molecule has 2 nitrogen and oxygen atoms in total. The van der Waals surface area contributed by atoms with Gasteiger partial charge in [0.25, 0.3) is 0 Å².